The Bertz CT molecular complexity index is 1170. The predicted molar refractivity (Wildman–Crippen MR) is 115 cm³/mol. The molecule has 0 spiro atoms. The molecular weight excluding hydrogens is 426 g/mol. The van der Waals surface area contributed by atoms with Gasteiger partial charge in [0.05, 0.1) is 22.8 Å². The molecule has 1 aromatic heterocycles. The Morgan fingerprint density at radius 1 is 1.30 bits per heavy atom. The molecule has 0 bridgehead atoms. The van der Waals surface area contributed by atoms with Crippen molar-refractivity contribution in [3.05, 3.63) is 48.0 Å². The van der Waals surface area contributed by atoms with Gasteiger partial charge in [-0.25, -0.2) is 18.1 Å². The number of methoxy groups -OCH3 is 1. The van der Waals surface area contributed by atoms with Gasteiger partial charge in [-0.15, -0.1) is 0 Å². The molecule has 1 fully saturated rings. The number of sulfonamides is 1. The van der Waals surface area contributed by atoms with Crippen molar-refractivity contribution in [2.24, 2.45) is 0 Å². The number of nitrogens with one attached hydrogen (secondary N) is 2. The molecule has 2 heterocycles. The summed E-state index contributed by atoms with van der Waals surface area (Å²) in [7, 11) is -2.18. The van der Waals surface area contributed by atoms with E-state index in [2.05, 4.69) is 15.0 Å². The van der Waals surface area contributed by atoms with Gasteiger partial charge < -0.3 is 9.47 Å². The Labute approximate surface area is 178 Å². The normalized spacial score (nSPS) is 16.6. The Morgan fingerprint density at radius 3 is 2.90 bits per heavy atom. The summed E-state index contributed by atoms with van der Waals surface area (Å²) in [5.74, 6) is 0.179. The van der Waals surface area contributed by atoms with Crippen molar-refractivity contribution in [2.75, 3.05) is 25.6 Å². The van der Waals surface area contributed by atoms with Gasteiger partial charge in [0, 0.05) is 18.7 Å². The molecule has 10 heteroatoms. The summed E-state index contributed by atoms with van der Waals surface area (Å²) in [5, 5.41) is 3.14. The van der Waals surface area contributed by atoms with Crippen LogP contribution in [0.1, 0.15) is 23.2 Å². The molecule has 2 N–H and O–H groups in total. The van der Waals surface area contributed by atoms with Crippen molar-refractivity contribution in [3.63, 3.8) is 0 Å². The van der Waals surface area contributed by atoms with E-state index in [4.69, 9.17) is 9.47 Å². The average molecular weight is 448 g/mol. The van der Waals surface area contributed by atoms with Crippen molar-refractivity contribution < 1.29 is 22.7 Å². The number of carbonyl (C=O) groups is 1. The molecule has 1 unspecified atom stereocenters. The molecule has 158 valence electrons. The first kappa shape index (κ1) is 20.7. The number of aromatic nitrogens is 1. The number of nitrogens with zero attached hydrogens (tertiary/aromatic N) is 1. The minimum atomic E-state index is -3.75. The molecule has 4 rings (SSSR count). The molecule has 8 nitrogen and oxygen atoms in total. The Hall–Kier alpha value is -2.53. The van der Waals surface area contributed by atoms with E-state index in [1.165, 1.54) is 29.5 Å². The molecule has 3 aromatic rings. The fourth-order valence-electron chi connectivity index (χ4n) is 3.21. The monoisotopic (exact) mass is 447 g/mol. The molecule has 1 atom stereocenters. The maximum atomic E-state index is 12.7. The standard InChI is InChI=1S/C20H21N3O5S2/c1-27-16-8-3-9-17-18(16)22-20(29-17)23-19(24)13-5-2-7-15(11-13)30(25,26)21-12-14-6-4-10-28-14/h2-3,5,7-9,11,14,21H,4,6,10,12H2,1H3,(H,22,23,24). The third-order valence-electron chi connectivity index (χ3n) is 4.75. The molecule has 0 saturated carbocycles. The Balaban J connectivity index is 1.49. The number of fused-ring (bicyclic) bond motifs is 1. The van der Waals surface area contributed by atoms with Crippen LogP contribution in [0.2, 0.25) is 0 Å². The molecule has 0 radical (unpaired) electrons. The highest BCUT2D eigenvalue weighted by atomic mass is 32.2. The number of para-hydroxylation sites is 1. The van der Waals surface area contributed by atoms with E-state index in [1.54, 1.807) is 19.2 Å². The van der Waals surface area contributed by atoms with E-state index >= 15 is 0 Å². The number of carbonyl (C=O) groups excluding carboxylic acids is 1. The zero-order valence-electron chi connectivity index (χ0n) is 16.3. The minimum absolute atomic E-state index is 0.0270. The summed E-state index contributed by atoms with van der Waals surface area (Å²) >= 11 is 1.31. The summed E-state index contributed by atoms with van der Waals surface area (Å²) in [4.78, 5) is 17.1. The van der Waals surface area contributed by atoms with Crippen LogP contribution in [0.15, 0.2) is 47.4 Å². The summed E-state index contributed by atoms with van der Waals surface area (Å²) in [6, 6.07) is 11.4. The molecular formula is C20H21N3O5S2. The highest BCUT2D eigenvalue weighted by Crippen LogP contribution is 2.32. The van der Waals surface area contributed by atoms with Crippen molar-refractivity contribution in [3.8, 4) is 5.75 Å². The lowest BCUT2D eigenvalue weighted by molar-refractivity contribution is 0.102. The van der Waals surface area contributed by atoms with Crippen LogP contribution in [-0.4, -0.2) is 45.7 Å². The molecule has 2 aromatic carbocycles. The van der Waals surface area contributed by atoms with Gasteiger partial charge in [-0.05, 0) is 43.2 Å². The lowest BCUT2D eigenvalue weighted by atomic mass is 10.2. The number of amides is 1. The fraction of sp³-hybridized carbons (Fsp3) is 0.300. The Morgan fingerprint density at radius 2 is 2.13 bits per heavy atom. The van der Waals surface area contributed by atoms with Crippen molar-refractivity contribution >= 4 is 42.6 Å². The molecule has 1 aliphatic heterocycles. The largest absolute Gasteiger partial charge is 0.494 e. The first-order valence-corrected chi connectivity index (χ1v) is 11.7. The number of anilines is 1. The van der Waals surface area contributed by atoms with Gasteiger partial charge >= 0.3 is 0 Å². The highest BCUT2D eigenvalue weighted by molar-refractivity contribution is 7.89. The SMILES string of the molecule is COc1cccc2sc(NC(=O)c3cccc(S(=O)(=O)NCC4CCCO4)c3)nc12. The molecule has 1 aliphatic rings. The zero-order valence-corrected chi connectivity index (χ0v) is 17.9. The number of benzene rings is 2. The number of hydrogen-bond acceptors (Lipinski definition) is 7. The second kappa shape index (κ2) is 8.68. The van der Waals surface area contributed by atoms with E-state index in [0.29, 0.717) is 23.0 Å². The number of hydrogen-bond donors (Lipinski definition) is 2. The van der Waals surface area contributed by atoms with Crippen LogP contribution in [-0.2, 0) is 14.8 Å². The molecule has 1 amide bonds. The predicted octanol–water partition coefficient (Wildman–Crippen LogP) is 3.01. The average Bonchev–Trinajstić information content (AvgIpc) is 3.41. The zero-order chi connectivity index (χ0) is 21.1. The minimum Gasteiger partial charge on any atom is -0.494 e. The van der Waals surface area contributed by atoms with Crippen LogP contribution >= 0.6 is 11.3 Å². The first-order chi connectivity index (χ1) is 14.5. The van der Waals surface area contributed by atoms with E-state index in [0.717, 1.165) is 17.5 Å². The lowest BCUT2D eigenvalue weighted by Crippen LogP contribution is -2.32. The van der Waals surface area contributed by atoms with Crippen LogP contribution in [0.3, 0.4) is 0 Å². The highest BCUT2D eigenvalue weighted by Gasteiger charge is 2.21. The van der Waals surface area contributed by atoms with Crippen LogP contribution in [0, 0.1) is 0 Å². The van der Waals surface area contributed by atoms with E-state index in [9.17, 15) is 13.2 Å². The van der Waals surface area contributed by atoms with Gasteiger partial charge in [-0.3, -0.25) is 10.1 Å². The van der Waals surface area contributed by atoms with Crippen LogP contribution < -0.4 is 14.8 Å². The van der Waals surface area contributed by atoms with Gasteiger partial charge in [0.1, 0.15) is 11.3 Å². The number of ether oxygens (including phenoxy) is 2. The van der Waals surface area contributed by atoms with Gasteiger partial charge in [-0.2, -0.15) is 0 Å². The van der Waals surface area contributed by atoms with Gasteiger partial charge in [0.15, 0.2) is 5.13 Å². The first-order valence-electron chi connectivity index (χ1n) is 9.42. The number of rotatable bonds is 7. The third-order valence-corrected chi connectivity index (χ3v) is 7.11. The second-order valence-electron chi connectivity index (χ2n) is 6.79. The van der Waals surface area contributed by atoms with Gasteiger partial charge in [0.2, 0.25) is 10.0 Å². The molecule has 30 heavy (non-hydrogen) atoms. The molecule has 1 saturated heterocycles. The molecule has 0 aliphatic carbocycles. The van der Waals surface area contributed by atoms with Crippen molar-refractivity contribution in [1.29, 1.82) is 0 Å². The smallest absolute Gasteiger partial charge is 0.257 e. The summed E-state index contributed by atoms with van der Waals surface area (Å²) in [6.07, 6.45) is 1.65. The second-order valence-corrected chi connectivity index (χ2v) is 9.59. The van der Waals surface area contributed by atoms with Crippen LogP contribution in [0.25, 0.3) is 10.2 Å². The fourth-order valence-corrected chi connectivity index (χ4v) is 5.20. The number of thiazole rings is 1. The van der Waals surface area contributed by atoms with Crippen LogP contribution in [0.4, 0.5) is 5.13 Å². The van der Waals surface area contributed by atoms with Gasteiger partial charge in [0.25, 0.3) is 5.91 Å². The van der Waals surface area contributed by atoms with Crippen molar-refractivity contribution in [2.45, 2.75) is 23.8 Å². The van der Waals surface area contributed by atoms with Crippen LogP contribution in [0.5, 0.6) is 5.75 Å². The quantitative estimate of drug-likeness (QED) is 0.577. The Kier molecular flexibility index (Phi) is 6.00. The topological polar surface area (TPSA) is 107 Å². The van der Waals surface area contributed by atoms with E-state index in [1.807, 2.05) is 12.1 Å². The summed E-state index contributed by atoms with van der Waals surface area (Å²) in [6.45, 7) is 0.867. The maximum Gasteiger partial charge on any atom is 0.257 e. The van der Waals surface area contributed by atoms with Crippen molar-refractivity contribution in [1.82, 2.24) is 9.71 Å². The maximum absolute atomic E-state index is 12.7. The third kappa shape index (κ3) is 4.46. The summed E-state index contributed by atoms with van der Waals surface area (Å²) in [5.41, 5.74) is 0.885. The van der Waals surface area contributed by atoms with E-state index < -0.39 is 15.9 Å². The van der Waals surface area contributed by atoms with Gasteiger partial charge in [-0.1, -0.05) is 23.5 Å². The van der Waals surface area contributed by atoms with E-state index in [-0.39, 0.29) is 23.1 Å². The lowest BCUT2D eigenvalue weighted by Gasteiger charge is -2.12. The summed E-state index contributed by atoms with van der Waals surface area (Å²) < 4.78 is 39.3.